The van der Waals surface area contributed by atoms with Crippen LogP contribution in [0, 0.1) is 11.7 Å². The number of nitrogens with two attached hydrogens (primary N) is 1. The van der Waals surface area contributed by atoms with Crippen LogP contribution in [0.1, 0.15) is 38.3 Å². The van der Waals surface area contributed by atoms with E-state index in [1.165, 1.54) is 12.5 Å². The monoisotopic (exact) mass is 250 g/mol. The second kappa shape index (κ2) is 5.81. The van der Waals surface area contributed by atoms with Gasteiger partial charge in [-0.2, -0.15) is 0 Å². The summed E-state index contributed by atoms with van der Waals surface area (Å²) in [5, 5.41) is 0. The maximum absolute atomic E-state index is 13.8. The summed E-state index contributed by atoms with van der Waals surface area (Å²) in [6, 6.07) is 7.54. The molecule has 100 valence electrons. The quantitative estimate of drug-likeness (QED) is 0.893. The number of benzene rings is 1. The predicted octanol–water partition coefficient (Wildman–Crippen LogP) is 2.95. The van der Waals surface area contributed by atoms with Crippen molar-refractivity contribution in [2.24, 2.45) is 11.7 Å². The van der Waals surface area contributed by atoms with Gasteiger partial charge in [0, 0.05) is 24.2 Å². The molecular weight excluding hydrogens is 227 g/mol. The first-order valence-electron chi connectivity index (χ1n) is 6.83. The Morgan fingerprint density at radius 1 is 1.44 bits per heavy atom. The number of piperidine rings is 1. The summed E-state index contributed by atoms with van der Waals surface area (Å²) in [6.07, 6.45) is 2.30. The Morgan fingerprint density at radius 2 is 2.17 bits per heavy atom. The van der Waals surface area contributed by atoms with E-state index in [-0.39, 0.29) is 11.9 Å². The van der Waals surface area contributed by atoms with E-state index in [0.717, 1.165) is 24.4 Å². The van der Waals surface area contributed by atoms with Crippen LogP contribution in [-0.2, 0) is 0 Å². The summed E-state index contributed by atoms with van der Waals surface area (Å²) in [5.41, 5.74) is 6.66. The van der Waals surface area contributed by atoms with Gasteiger partial charge in [0.05, 0.1) is 0 Å². The van der Waals surface area contributed by atoms with Crippen LogP contribution in [0.3, 0.4) is 0 Å². The molecule has 0 aromatic heterocycles. The number of likely N-dealkylation sites (tertiary alicyclic amines) is 1. The van der Waals surface area contributed by atoms with Gasteiger partial charge in [-0.25, -0.2) is 4.39 Å². The Balaban J connectivity index is 2.17. The average molecular weight is 250 g/mol. The maximum Gasteiger partial charge on any atom is 0.127 e. The molecule has 3 unspecified atom stereocenters. The van der Waals surface area contributed by atoms with E-state index in [9.17, 15) is 4.39 Å². The van der Waals surface area contributed by atoms with Gasteiger partial charge in [-0.3, -0.25) is 4.90 Å². The molecule has 1 aromatic rings. The number of rotatable bonds is 3. The van der Waals surface area contributed by atoms with Crippen LogP contribution in [-0.4, -0.2) is 24.0 Å². The highest BCUT2D eigenvalue weighted by atomic mass is 19.1. The van der Waals surface area contributed by atoms with Gasteiger partial charge >= 0.3 is 0 Å². The first kappa shape index (κ1) is 13.5. The Hall–Kier alpha value is -0.930. The van der Waals surface area contributed by atoms with E-state index in [0.29, 0.717) is 12.6 Å². The van der Waals surface area contributed by atoms with E-state index in [1.807, 2.05) is 12.1 Å². The van der Waals surface area contributed by atoms with E-state index < -0.39 is 0 Å². The van der Waals surface area contributed by atoms with Crippen LogP contribution in [0.5, 0.6) is 0 Å². The lowest BCUT2D eigenvalue weighted by molar-refractivity contribution is 0.0818. The zero-order chi connectivity index (χ0) is 13.1. The van der Waals surface area contributed by atoms with Gasteiger partial charge in [0.25, 0.3) is 0 Å². The molecule has 1 aliphatic heterocycles. The Morgan fingerprint density at radius 3 is 2.83 bits per heavy atom. The molecule has 1 fully saturated rings. The number of hydrogen-bond donors (Lipinski definition) is 1. The van der Waals surface area contributed by atoms with Gasteiger partial charge < -0.3 is 5.73 Å². The Labute approximate surface area is 109 Å². The predicted molar refractivity (Wildman–Crippen MR) is 72.8 cm³/mol. The number of hydrogen-bond acceptors (Lipinski definition) is 2. The number of halogens is 1. The molecule has 2 rings (SSSR count). The van der Waals surface area contributed by atoms with Gasteiger partial charge in [0.2, 0.25) is 0 Å². The molecule has 0 spiro atoms. The van der Waals surface area contributed by atoms with E-state index in [4.69, 9.17) is 5.73 Å². The van der Waals surface area contributed by atoms with Crippen molar-refractivity contribution in [2.75, 3.05) is 13.1 Å². The van der Waals surface area contributed by atoms with Crippen molar-refractivity contribution in [3.8, 4) is 0 Å². The third-order valence-corrected chi connectivity index (χ3v) is 4.15. The molecule has 3 heteroatoms. The van der Waals surface area contributed by atoms with Crippen molar-refractivity contribution in [1.29, 1.82) is 0 Å². The smallest absolute Gasteiger partial charge is 0.127 e. The highest BCUT2D eigenvalue weighted by molar-refractivity contribution is 5.21. The van der Waals surface area contributed by atoms with Gasteiger partial charge in [-0.15, -0.1) is 0 Å². The van der Waals surface area contributed by atoms with Crippen molar-refractivity contribution in [2.45, 2.75) is 38.8 Å². The molecule has 1 aromatic carbocycles. The lowest BCUT2D eigenvalue weighted by Crippen LogP contribution is -2.47. The number of nitrogens with zero attached hydrogens (tertiary/aromatic N) is 1. The standard InChI is InChI=1S/C15H23FN2/c1-11-7-8-18(13(9-11)10-17)12(2)14-5-3-4-6-15(14)16/h3-6,11-13H,7-10,17H2,1-2H3. The fourth-order valence-electron chi connectivity index (χ4n) is 3.00. The lowest BCUT2D eigenvalue weighted by Gasteiger charge is -2.42. The molecule has 1 heterocycles. The highest BCUT2D eigenvalue weighted by Gasteiger charge is 2.30. The van der Waals surface area contributed by atoms with Gasteiger partial charge in [0.1, 0.15) is 5.82 Å². The van der Waals surface area contributed by atoms with Crippen molar-refractivity contribution in [3.05, 3.63) is 35.6 Å². The summed E-state index contributed by atoms with van der Waals surface area (Å²) >= 11 is 0. The minimum atomic E-state index is -0.112. The molecule has 1 aliphatic rings. The van der Waals surface area contributed by atoms with E-state index >= 15 is 0 Å². The topological polar surface area (TPSA) is 29.3 Å². The first-order valence-corrected chi connectivity index (χ1v) is 6.83. The van der Waals surface area contributed by atoms with Crippen LogP contribution in [0.15, 0.2) is 24.3 Å². The summed E-state index contributed by atoms with van der Waals surface area (Å²) in [4.78, 5) is 2.36. The van der Waals surface area contributed by atoms with Crippen molar-refractivity contribution >= 4 is 0 Å². The average Bonchev–Trinajstić information content (AvgIpc) is 2.38. The largest absolute Gasteiger partial charge is 0.329 e. The molecule has 1 saturated heterocycles. The Kier molecular flexibility index (Phi) is 4.36. The summed E-state index contributed by atoms with van der Waals surface area (Å²) in [6.45, 7) is 6.02. The zero-order valence-electron chi connectivity index (χ0n) is 11.3. The molecule has 18 heavy (non-hydrogen) atoms. The van der Waals surface area contributed by atoms with E-state index in [1.54, 1.807) is 6.07 Å². The second-order valence-electron chi connectivity index (χ2n) is 5.45. The molecule has 2 N–H and O–H groups in total. The minimum Gasteiger partial charge on any atom is -0.329 e. The van der Waals surface area contributed by atoms with Crippen molar-refractivity contribution in [3.63, 3.8) is 0 Å². The third-order valence-electron chi connectivity index (χ3n) is 4.15. The SMILES string of the molecule is CC1CCN(C(C)c2ccccc2F)C(CN)C1. The Bertz CT molecular complexity index is 394. The van der Waals surface area contributed by atoms with Gasteiger partial charge in [-0.1, -0.05) is 25.1 Å². The van der Waals surface area contributed by atoms with Crippen molar-refractivity contribution < 1.29 is 4.39 Å². The molecule has 0 saturated carbocycles. The molecule has 2 nitrogen and oxygen atoms in total. The van der Waals surface area contributed by atoms with Crippen molar-refractivity contribution in [1.82, 2.24) is 4.90 Å². The zero-order valence-corrected chi connectivity index (χ0v) is 11.3. The summed E-state index contributed by atoms with van der Waals surface area (Å²) < 4.78 is 13.8. The van der Waals surface area contributed by atoms with Crippen LogP contribution >= 0.6 is 0 Å². The summed E-state index contributed by atoms with van der Waals surface area (Å²) in [7, 11) is 0. The normalized spacial score (nSPS) is 27.1. The molecule has 0 bridgehead atoms. The fourth-order valence-corrected chi connectivity index (χ4v) is 3.00. The fraction of sp³-hybridized carbons (Fsp3) is 0.600. The molecular formula is C15H23FN2. The van der Waals surface area contributed by atoms with Gasteiger partial charge in [0.15, 0.2) is 0 Å². The minimum absolute atomic E-state index is 0.104. The van der Waals surface area contributed by atoms with E-state index in [2.05, 4.69) is 18.7 Å². The molecule has 0 radical (unpaired) electrons. The second-order valence-corrected chi connectivity index (χ2v) is 5.45. The van der Waals surface area contributed by atoms with Gasteiger partial charge in [-0.05, 0) is 38.3 Å². The van der Waals surface area contributed by atoms with Crippen LogP contribution < -0.4 is 5.73 Å². The molecule has 0 amide bonds. The first-order chi connectivity index (χ1) is 8.63. The maximum atomic E-state index is 13.8. The van der Waals surface area contributed by atoms with Crippen LogP contribution in [0.25, 0.3) is 0 Å². The summed E-state index contributed by atoms with van der Waals surface area (Å²) in [5.74, 6) is 0.613. The molecule has 3 atom stereocenters. The van der Waals surface area contributed by atoms with Crippen LogP contribution in [0.2, 0.25) is 0 Å². The highest BCUT2D eigenvalue weighted by Crippen LogP contribution is 2.31. The van der Waals surface area contributed by atoms with Crippen LogP contribution in [0.4, 0.5) is 4.39 Å². The molecule has 0 aliphatic carbocycles. The lowest BCUT2D eigenvalue weighted by atomic mass is 9.90. The third kappa shape index (κ3) is 2.73.